The van der Waals surface area contributed by atoms with Crippen LogP contribution in [0.15, 0.2) is 36.5 Å². The van der Waals surface area contributed by atoms with E-state index in [1.165, 1.54) is 19.2 Å². The molecule has 2 aromatic heterocycles. The van der Waals surface area contributed by atoms with Crippen LogP contribution in [0.4, 0.5) is 4.39 Å². The van der Waals surface area contributed by atoms with Crippen LogP contribution in [-0.4, -0.2) is 64.2 Å². The molecule has 2 aliphatic rings. The van der Waals surface area contributed by atoms with Crippen molar-refractivity contribution >= 4 is 5.91 Å². The predicted octanol–water partition coefficient (Wildman–Crippen LogP) is 3.53. The molecule has 2 aliphatic heterocycles. The van der Waals surface area contributed by atoms with Crippen LogP contribution in [0.5, 0.6) is 6.01 Å². The lowest BCUT2D eigenvalue weighted by molar-refractivity contribution is -0.283. The number of ether oxygens (including phenoxy) is 3. The first-order valence-electron chi connectivity index (χ1n) is 11.8. The summed E-state index contributed by atoms with van der Waals surface area (Å²) in [6.07, 6.45) is 4.52. The number of H-pyrrole nitrogens is 1. The molecule has 9 nitrogen and oxygen atoms in total. The second-order valence-corrected chi connectivity index (χ2v) is 8.94. The molecular formula is C25H28FN5O4. The fourth-order valence-corrected chi connectivity index (χ4v) is 4.39. The molecule has 5 rings (SSSR count). The molecule has 0 saturated carbocycles. The number of nitrogens with zero attached hydrogens (tertiary/aromatic N) is 4. The first-order valence-corrected chi connectivity index (χ1v) is 11.8. The highest BCUT2D eigenvalue weighted by molar-refractivity contribution is 5.86. The summed E-state index contributed by atoms with van der Waals surface area (Å²) in [6, 6.07) is 7.86. The van der Waals surface area contributed by atoms with E-state index in [0.717, 1.165) is 19.3 Å². The van der Waals surface area contributed by atoms with E-state index in [1.807, 2.05) is 6.92 Å². The third-order valence-corrected chi connectivity index (χ3v) is 6.27. The predicted molar refractivity (Wildman–Crippen MR) is 125 cm³/mol. The standard InChI is InChI=1S/C25H28FN5O4/c1-16-14-34-25(35-15-16,23(32)31-12-4-3-5-13-31)22-29-20(17-6-8-18(26)9-7-17)21(30-22)19-10-11-27-24(28-19)33-2/h6-11,16H,3-5,12-15H2,1-2H3,(H,29,30). The molecule has 184 valence electrons. The first kappa shape index (κ1) is 23.4. The zero-order valence-electron chi connectivity index (χ0n) is 19.8. The van der Waals surface area contributed by atoms with Gasteiger partial charge in [-0.05, 0) is 49.6 Å². The number of piperidine rings is 1. The maximum atomic E-state index is 13.8. The van der Waals surface area contributed by atoms with Crippen LogP contribution in [-0.2, 0) is 20.1 Å². The van der Waals surface area contributed by atoms with Gasteiger partial charge < -0.3 is 24.1 Å². The Bertz CT molecular complexity index is 1180. The monoisotopic (exact) mass is 481 g/mol. The molecule has 3 aromatic rings. The van der Waals surface area contributed by atoms with E-state index >= 15 is 0 Å². The van der Waals surface area contributed by atoms with Gasteiger partial charge in [0.1, 0.15) is 5.82 Å². The number of methoxy groups -OCH3 is 1. The molecule has 4 heterocycles. The topological polar surface area (TPSA) is 102 Å². The molecular weight excluding hydrogens is 453 g/mol. The van der Waals surface area contributed by atoms with Gasteiger partial charge in [0.05, 0.1) is 37.4 Å². The summed E-state index contributed by atoms with van der Waals surface area (Å²) in [5.74, 6) is -1.97. The van der Waals surface area contributed by atoms with E-state index in [0.29, 0.717) is 48.9 Å². The maximum absolute atomic E-state index is 13.8. The van der Waals surface area contributed by atoms with E-state index in [4.69, 9.17) is 19.2 Å². The summed E-state index contributed by atoms with van der Waals surface area (Å²) in [5, 5.41) is 0. The van der Waals surface area contributed by atoms with Gasteiger partial charge in [0, 0.05) is 30.8 Å². The van der Waals surface area contributed by atoms with Crippen LogP contribution in [0.2, 0.25) is 0 Å². The number of rotatable bonds is 5. The van der Waals surface area contributed by atoms with Gasteiger partial charge in [0.25, 0.3) is 5.91 Å². The molecule has 0 radical (unpaired) electrons. The molecule has 10 heteroatoms. The van der Waals surface area contributed by atoms with Crippen LogP contribution in [0.3, 0.4) is 0 Å². The van der Waals surface area contributed by atoms with Crippen molar-refractivity contribution in [1.82, 2.24) is 24.8 Å². The lowest BCUT2D eigenvalue weighted by Gasteiger charge is -2.40. The van der Waals surface area contributed by atoms with Gasteiger partial charge in [-0.25, -0.2) is 14.4 Å². The van der Waals surface area contributed by atoms with Crippen molar-refractivity contribution in [3.63, 3.8) is 0 Å². The number of imidazole rings is 1. The number of benzene rings is 1. The van der Waals surface area contributed by atoms with Crippen LogP contribution in [0.25, 0.3) is 22.6 Å². The van der Waals surface area contributed by atoms with Crippen LogP contribution in [0, 0.1) is 11.7 Å². The average Bonchev–Trinajstić information content (AvgIpc) is 3.36. The quantitative estimate of drug-likeness (QED) is 0.595. The minimum Gasteiger partial charge on any atom is -0.467 e. The Morgan fingerprint density at radius 3 is 2.51 bits per heavy atom. The molecule has 0 aliphatic carbocycles. The van der Waals surface area contributed by atoms with Crippen molar-refractivity contribution in [3.05, 3.63) is 48.2 Å². The van der Waals surface area contributed by atoms with Gasteiger partial charge >= 0.3 is 11.8 Å². The number of aromatic nitrogens is 4. The van der Waals surface area contributed by atoms with Crippen LogP contribution in [0.1, 0.15) is 32.0 Å². The van der Waals surface area contributed by atoms with E-state index in [9.17, 15) is 9.18 Å². The number of aromatic amines is 1. The summed E-state index contributed by atoms with van der Waals surface area (Å²) < 4.78 is 31.2. The zero-order chi connectivity index (χ0) is 24.4. The summed E-state index contributed by atoms with van der Waals surface area (Å²) in [5.41, 5.74) is 2.15. The number of hydrogen-bond acceptors (Lipinski definition) is 7. The fraction of sp³-hybridized carbons (Fsp3) is 0.440. The van der Waals surface area contributed by atoms with Gasteiger partial charge in [-0.15, -0.1) is 0 Å². The fourth-order valence-electron chi connectivity index (χ4n) is 4.39. The second-order valence-electron chi connectivity index (χ2n) is 8.94. The summed E-state index contributed by atoms with van der Waals surface area (Å²) in [7, 11) is 1.48. The van der Waals surface area contributed by atoms with Crippen molar-refractivity contribution in [2.24, 2.45) is 5.92 Å². The number of halogens is 1. The van der Waals surface area contributed by atoms with Crippen LogP contribution < -0.4 is 4.74 Å². The number of nitrogens with one attached hydrogen (secondary N) is 1. The Kier molecular flexibility index (Phi) is 6.48. The minimum atomic E-state index is -1.70. The number of hydrogen-bond donors (Lipinski definition) is 1. The molecule has 1 amide bonds. The van der Waals surface area contributed by atoms with Crippen LogP contribution >= 0.6 is 0 Å². The number of carbonyl (C=O) groups is 1. The molecule has 2 saturated heterocycles. The Labute approximate surface area is 202 Å². The van der Waals surface area contributed by atoms with Gasteiger partial charge in [0.15, 0.2) is 5.82 Å². The number of amides is 1. The van der Waals surface area contributed by atoms with Gasteiger partial charge in [-0.2, -0.15) is 4.98 Å². The number of likely N-dealkylation sites (tertiary alicyclic amines) is 1. The molecule has 35 heavy (non-hydrogen) atoms. The Hall–Kier alpha value is -3.37. The highest BCUT2D eigenvalue weighted by Crippen LogP contribution is 2.38. The van der Waals surface area contributed by atoms with E-state index in [-0.39, 0.29) is 29.5 Å². The van der Waals surface area contributed by atoms with Crippen molar-refractivity contribution < 1.29 is 23.4 Å². The van der Waals surface area contributed by atoms with E-state index in [1.54, 1.807) is 29.3 Å². The van der Waals surface area contributed by atoms with Crippen molar-refractivity contribution in [3.8, 4) is 28.7 Å². The van der Waals surface area contributed by atoms with Crippen molar-refractivity contribution in [1.29, 1.82) is 0 Å². The molecule has 1 aromatic carbocycles. The molecule has 2 fully saturated rings. The third kappa shape index (κ3) is 4.51. The lowest BCUT2D eigenvalue weighted by atomic mass is 10.1. The van der Waals surface area contributed by atoms with Gasteiger partial charge in [-0.3, -0.25) is 4.79 Å². The highest BCUT2D eigenvalue weighted by atomic mass is 19.1. The third-order valence-electron chi connectivity index (χ3n) is 6.27. The molecule has 0 bridgehead atoms. The molecule has 0 atom stereocenters. The summed E-state index contributed by atoms with van der Waals surface area (Å²) >= 11 is 0. The summed E-state index contributed by atoms with van der Waals surface area (Å²) in [6.45, 7) is 3.99. The highest BCUT2D eigenvalue weighted by Gasteiger charge is 2.51. The molecule has 1 N–H and O–H groups in total. The Balaban J connectivity index is 1.65. The Morgan fingerprint density at radius 2 is 1.83 bits per heavy atom. The maximum Gasteiger partial charge on any atom is 0.316 e. The van der Waals surface area contributed by atoms with Crippen molar-refractivity contribution in [2.45, 2.75) is 32.0 Å². The number of carbonyl (C=O) groups excluding carboxylic acids is 1. The average molecular weight is 482 g/mol. The lowest BCUT2D eigenvalue weighted by Crippen LogP contribution is -2.55. The minimum absolute atomic E-state index is 0.134. The summed E-state index contributed by atoms with van der Waals surface area (Å²) in [4.78, 5) is 32.2. The normalized spacial score (nSPS) is 22.7. The smallest absolute Gasteiger partial charge is 0.316 e. The first-order chi connectivity index (χ1) is 17.0. The zero-order valence-corrected chi connectivity index (χ0v) is 19.8. The van der Waals surface area contributed by atoms with Gasteiger partial charge in [0.2, 0.25) is 0 Å². The SMILES string of the molecule is COc1nccc(-c2[nH]c(C3(C(=O)N4CCCCC4)OCC(C)CO3)nc2-c2ccc(F)cc2)n1. The molecule has 0 spiro atoms. The molecule has 0 unspecified atom stereocenters. The van der Waals surface area contributed by atoms with E-state index < -0.39 is 5.79 Å². The van der Waals surface area contributed by atoms with Gasteiger partial charge in [-0.1, -0.05) is 6.92 Å². The largest absolute Gasteiger partial charge is 0.467 e. The van der Waals surface area contributed by atoms with E-state index in [2.05, 4.69) is 15.0 Å². The Morgan fingerprint density at radius 1 is 1.11 bits per heavy atom. The van der Waals surface area contributed by atoms with Crippen molar-refractivity contribution in [2.75, 3.05) is 33.4 Å². The second kappa shape index (κ2) is 9.71.